The minimum Gasteiger partial charge on any atom is -0.497 e. The Bertz CT molecular complexity index is 552. The van der Waals surface area contributed by atoms with Crippen LogP contribution in [0.15, 0.2) is 28.6 Å². The lowest BCUT2D eigenvalue weighted by Gasteiger charge is -2.02. The van der Waals surface area contributed by atoms with Crippen molar-refractivity contribution in [3.8, 4) is 17.0 Å². The number of nitrogens with zero attached hydrogens (tertiary/aromatic N) is 1. The minimum atomic E-state index is 0.649. The summed E-state index contributed by atoms with van der Waals surface area (Å²) in [6.07, 6.45) is 0. The Labute approximate surface area is 122 Å². The van der Waals surface area contributed by atoms with Crippen LogP contribution >= 0.6 is 23.1 Å². The fourth-order valence-electron chi connectivity index (χ4n) is 1.59. The third kappa shape index (κ3) is 3.64. The van der Waals surface area contributed by atoms with E-state index in [-0.39, 0.29) is 0 Å². The lowest BCUT2D eigenvalue weighted by molar-refractivity contribution is 0.415. The first-order chi connectivity index (χ1) is 9.10. The molecule has 2 rings (SSSR count). The average Bonchev–Trinajstić information content (AvgIpc) is 2.78. The van der Waals surface area contributed by atoms with Crippen LogP contribution in [0.3, 0.4) is 0 Å². The highest BCUT2D eigenvalue weighted by atomic mass is 32.2. The maximum Gasteiger partial charge on any atom is 0.152 e. The molecule has 0 amide bonds. The van der Waals surface area contributed by atoms with Crippen molar-refractivity contribution in [2.75, 3.05) is 18.6 Å². The van der Waals surface area contributed by atoms with Gasteiger partial charge in [-0.1, -0.05) is 49.1 Å². The Hall–Kier alpha value is -1.20. The molecule has 0 radical (unpaired) electrons. The molecule has 3 nitrogen and oxygen atoms in total. The highest BCUT2D eigenvalue weighted by Gasteiger charge is 2.12. The summed E-state index contributed by atoms with van der Waals surface area (Å²) in [4.78, 5) is 4.63. The van der Waals surface area contributed by atoms with Crippen molar-refractivity contribution in [3.63, 3.8) is 0 Å². The van der Waals surface area contributed by atoms with Gasteiger partial charge in [-0.05, 0) is 18.1 Å². The highest BCUT2D eigenvalue weighted by molar-refractivity contribution is 8.01. The summed E-state index contributed by atoms with van der Waals surface area (Å²) < 4.78 is 6.26. The second-order valence-electron chi connectivity index (χ2n) is 4.63. The number of nitrogens with two attached hydrogens (primary N) is 1. The second-order valence-corrected chi connectivity index (χ2v) is 6.93. The Kier molecular flexibility index (Phi) is 4.71. The van der Waals surface area contributed by atoms with Gasteiger partial charge in [0, 0.05) is 11.3 Å². The predicted octanol–water partition coefficient (Wildman–Crippen LogP) is 4.15. The zero-order valence-electron chi connectivity index (χ0n) is 11.3. The van der Waals surface area contributed by atoms with E-state index in [0.717, 1.165) is 32.1 Å². The Morgan fingerprint density at radius 3 is 2.89 bits per heavy atom. The van der Waals surface area contributed by atoms with Crippen molar-refractivity contribution in [1.29, 1.82) is 0 Å². The summed E-state index contributed by atoms with van der Waals surface area (Å²) in [6.45, 7) is 4.40. The molecule has 19 heavy (non-hydrogen) atoms. The van der Waals surface area contributed by atoms with E-state index >= 15 is 0 Å². The number of thiazole rings is 1. The molecule has 0 bridgehead atoms. The summed E-state index contributed by atoms with van der Waals surface area (Å²) in [5.41, 5.74) is 7.93. The van der Waals surface area contributed by atoms with Crippen molar-refractivity contribution < 1.29 is 4.74 Å². The number of methoxy groups -OCH3 is 1. The molecule has 0 saturated heterocycles. The van der Waals surface area contributed by atoms with Gasteiger partial charge in [-0.2, -0.15) is 0 Å². The Morgan fingerprint density at radius 1 is 1.42 bits per heavy atom. The maximum absolute atomic E-state index is 6.07. The monoisotopic (exact) mass is 294 g/mol. The smallest absolute Gasteiger partial charge is 0.152 e. The molecule has 1 aromatic heterocycles. The van der Waals surface area contributed by atoms with E-state index in [1.54, 1.807) is 30.2 Å². The van der Waals surface area contributed by atoms with E-state index in [0.29, 0.717) is 5.92 Å². The van der Waals surface area contributed by atoms with Crippen molar-refractivity contribution in [3.05, 3.63) is 24.3 Å². The molecule has 2 N–H and O–H groups in total. The number of benzene rings is 1. The summed E-state index contributed by atoms with van der Waals surface area (Å²) >= 11 is 3.32. The average molecular weight is 294 g/mol. The summed E-state index contributed by atoms with van der Waals surface area (Å²) in [5, 5.41) is 0.763. The van der Waals surface area contributed by atoms with Crippen molar-refractivity contribution >= 4 is 28.1 Å². The lowest BCUT2D eigenvalue weighted by Crippen LogP contribution is -1.90. The number of aromatic nitrogens is 1. The normalized spacial score (nSPS) is 10.9. The standard InChI is InChI=1S/C14H18N2OS2/c1-9(2)8-18-14-16-12(13(15)19-14)10-5-4-6-11(7-10)17-3/h4-7,9H,8,15H2,1-3H3. The molecule has 0 unspecified atom stereocenters. The van der Waals surface area contributed by atoms with Gasteiger partial charge in [0.2, 0.25) is 0 Å². The quantitative estimate of drug-likeness (QED) is 0.842. The highest BCUT2D eigenvalue weighted by Crippen LogP contribution is 2.36. The SMILES string of the molecule is COc1cccc(-c2nc(SCC(C)C)sc2N)c1. The first kappa shape index (κ1) is 14.2. The van der Waals surface area contributed by atoms with Crippen molar-refractivity contribution in [2.24, 2.45) is 5.92 Å². The summed E-state index contributed by atoms with van der Waals surface area (Å²) in [6, 6.07) is 7.83. The number of anilines is 1. The van der Waals surface area contributed by atoms with Gasteiger partial charge in [-0.15, -0.1) is 0 Å². The molecule has 0 aliphatic rings. The molecule has 0 saturated carbocycles. The van der Waals surface area contributed by atoms with Crippen LogP contribution in [-0.2, 0) is 0 Å². The molecule has 5 heteroatoms. The third-order valence-electron chi connectivity index (χ3n) is 2.52. The summed E-state index contributed by atoms with van der Waals surface area (Å²) in [5.74, 6) is 2.53. The molecule has 102 valence electrons. The van der Waals surface area contributed by atoms with Gasteiger partial charge in [0.1, 0.15) is 16.4 Å². The van der Waals surface area contributed by atoms with E-state index in [1.807, 2.05) is 24.3 Å². The van der Waals surface area contributed by atoms with Crippen molar-refractivity contribution in [2.45, 2.75) is 18.2 Å². The largest absolute Gasteiger partial charge is 0.497 e. The number of thioether (sulfide) groups is 1. The van der Waals surface area contributed by atoms with Crippen LogP contribution in [0, 0.1) is 5.92 Å². The first-order valence-electron chi connectivity index (χ1n) is 6.13. The predicted molar refractivity (Wildman–Crippen MR) is 84.1 cm³/mol. The fraction of sp³-hybridized carbons (Fsp3) is 0.357. The van der Waals surface area contributed by atoms with Gasteiger partial charge < -0.3 is 10.5 Å². The van der Waals surface area contributed by atoms with Crippen molar-refractivity contribution in [1.82, 2.24) is 4.98 Å². The van der Waals surface area contributed by atoms with Crippen LogP contribution in [0.25, 0.3) is 11.3 Å². The number of hydrogen-bond acceptors (Lipinski definition) is 5. The molecule has 0 fully saturated rings. The molecule has 0 aliphatic heterocycles. The molecule has 2 aromatic rings. The maximum atomic E-state index is 6.07. The number of ether oxygens (including phenoxy) is 1. The van der Waals surface area contributed by atoms with Crippen LogP contribution in [0.1, 0.15) is 13.8 Å². The molecular weight excluding hydrogens is 276 g/mol. The van der Waals surface area contributed by atoms with E-state index in [9.17, 15) is 0 Å². The van der Waals surface area contributed by atoms with Gasteiger partial charge in [0.15, 0.2) is 4.34 Å². The van der Waals surface area contributed by atoms with Crippen LogP contribution in [-0.4, -0.2) is 17.8 Å². The Balaban J connectivity index is 2.24. The molecule has 1 heterocycles. The fourth-order valence-corrected chi connectivity index (χ4v) is 3.51. The number of hydrogen-bond donors (Lipinski definition) is 1. The van der Waals surface area contributed by atoms with Gasteiger partial charge in [-0.3, -0.25) is 0 Å². The van der Waals surface area contributed by atoms with Gasteiger partial charge in [-0.25, -0.2) is 4.98 Å². The van der Waals surface area contributed by atoms with Crippen LogP contribution in [0.4, 0.5) is 5.00 Å². The Morgan fingerprint density at radius 2 is 2.21 bits per heavy atom. The molecule has 0 atom stereocenters. The molecule has 0 spiro atoms. The van der Waals surface area contributed by atoms with E-state index in [1.165, 1.54) is 0 Å². The van der Waals surface area contributed by atoms with E-state index in [2.05, 4.69) is 18.8 Å². The first-order valence-corrected chi connectivity index (χ1v) is 7.94. The van der Waals surface area contributed by atoms with Gasteiger partial charge >= 0.3 is 0 Å². The number of nitrogen functional groups attached to an aromatic ring is 1. The van der Waals surface area contributed by atoms with E-state index < -0.39 is 0 Å². The third-order valence-corrected chi connectivity index (χ3v) is 4.97. The number of rotatable bonds is 5. The molecular formula is C14H18N2OS2. The second kappa shape index (κ2) is 6.30. The van der Waals surface area contributed by atoms with E-state index in [4.69, 9.17) is 10.5 Å². The van der Waals surface area contributed by atoms with Crippen LogP contribution in [0.2, 0.25) is 0 Å². The van der Waals surface area contributed by atoms with Gasteiger partial charge in [0.25, 0.3) is 0 Å². The van der Waals surface area contributed by atoms with Gasteiger partial charge in [0.05, 0.1) is 7.11 Å². The minimum absolute atomic E-state index is 0.649. The topological polar surface area (TPSA) is 48.1 Å². The molecule has 1 aromatic carbocycles. The molecule has 0 aliphatic carbocycles. The zero-order chi connectivity index (χ0) is 13.8. The summed E-state index contributed by atoms with van der Waals surface area (Å²) in [7, 11) is 1.66. The van der Waals surface area contributed by atoms with Crippen LogP contribution in [0.5, 0.6) is 5.75 Å². The lowest BCUT2D eigenvalue weighted by atomic mass is 10.1. The van der Waals surface area contributed by atoms with Crippen LogP contribution < -0.4 is 10.5 Å². The zero-order valence-corrected chi connectivity index (χ0v) is 13.0.